The summed E-state index contributed by atoms with van der Waals surface area (Å²) in [6.45, 7) is 5.32. The van der Waals surface area contributed by atoms with Gasteiger partial charge in [-0.1, -0.05) is 24.3 Å². The van der Waals surface area contributed by atoms with E-state index in [4.69, 9.17) is 0 Å². The van der Waals surface area contributed by atoms with Gasteiger partial charge in [0.25, 0.3) is 0 Å². The minimum absolute atomic E-state index is 0.0259. The molecule has 0 spiro atoms. The summed E-state index contributed by atoms with van der Waals surface area (Å²) in [5, 5.41) is 1.05. The van der Waals surface area contributed by atoms with Crippen molar-refractivity contribution in [1.29, 1.82) is 0 Å². The van der Waals surface area contributed by atoms with Gasteiger partial charge in [-0.2, -0.15) is 4.31 Å². The highest BCUT2D eigenvalue weighted by atomic mass is 32.2. The predicted molar refractivity (Wildman–Crippen MR) is 113 cm³/mol. The number of benzene rings is 2. The van der Waals surface area contributed by atoms with Crippen LogP contribution in [0.3, 0.4) is 0 Å². The van der Waals surface area contributed by atoms with Crippen LogP contribution in [0.4, 0.5) is 0 Å². The van der Waals surface area contributed by atoms with Gasteiger partial charge in [-0.05, 0) is 48.7 Å². The number of H-pyrrole nitrogens is 1. The third kappa shape index (κ3) is 3.80. The van der Waals surface area contributed by atoms with Crippen molar-refractivity contribution < 1.29 is 13.2 Å². The van der Waals surface area contributed by atoms with Crippen LogP contribution in [-0.4, -0.2) is 54.7 Å². The molecular weight excluding hydrogens is 386 g/mol. The Morgan fingerprint density at radius 1 is 1.00 bits per heavy atom. The topological polar surface area (TPSA) is 73.5 Å². The Bertz CT molecular complexity index is 1160. The lowest BCUT2D eigenvalue weighted by Crippen LogP contribution is -2.50. The molecule has 1 N–H and O–H groups in total. The first-order chi connectivity index (χ1) is 13.9. The van der Waals surface area contributed by atoms with Gasteiger partial charge in [-0.3, -0.25) is 4.79 Å². The van der Waals surface area contributed by atoms with Gasteiger partial charge in [0, 0.05) is 43.3 Å². The highest BCUT2D eigenvalue weighted by Crippen LogP contribution is 2.22. The summed E-state index contributed by atoms with van der Waals surface area (Å²) in [5.41, 5.74) is 4.01. The molecule has 4 rings (SSSR count). The number of fused-ring (bicyclic) bond motifs is 1. The van der Waals surface area contributed by atoms with Crippen LogP contribution >= 0.6 is 0 Å². The average molecular weight is 412 g/mol. The van der Waals surface area contributed by atoms with Gasteiger partial charge in [0.1, 0.15) is 0 Å². The number of aromatic amines is 1. The largest absolute Gasteiger partial charge is 0.361 e. The standard InChI is InChI=1S/C22H25N3O3S/c1-16-7-8-19(13-17(16)2)29(27,28)25-11-9-24(10-12-25)22(26)14-18-15-23-21-6-4-3-5-20(18)21/h3-8,13,15,23H,9-12,14H2,1-2H3. The normalized spacial score (nSPS) is 15.7. The third-order valence-corrected chi connectivity index (χ3v) is 7.62. The number of amides is 1. The summed E-state index contributed by atoms with van der Waals surface area (Å²) in [4.78, 5) is 18.0. The molecule has 0 radical (unpaired) electrons. The average Bonchev–Trinajstić information content (AvgIpc) is 3.13. The maximum absolute atomic E-state index is 12.9. The first kappa shape index (κ1) is 19.7. The monoisotopic (exact) mass is 411 g/mol. The third-order valence-electron chi connectivity index (χ3n) is 5.72. The molecule has 2 heterocycles. The van der Waals surface area contributed by atoms with Gasteiger partial charge in [0.2, 0.25) is 15.9 Å². The molecule has 3 aromatic rings. The SMILES string of the molecule is Cc1ccc(S(=O)(=O)N2CCN(C(=O)Cc3c[nH]c4ccccc34)CC2)cc1C. The Labute approximate surface area is 171 Å². The summed E-state index contributed by atoms with van der Waals surface area (Å²) in [7, 11) is -3.54. The molecule has 1 saturated heterocycles. The second kappa shape index (κ2) is 7.65. The van der Waals surface area contributed by atoms with Crippen LogP contribution in [0.25, 0.3) is 10.9 Å². The molecule has 1 aromatic heterocycles. The lowest BCUT2D eigenvalue weighted by Gasteiger charge is -2.34. The molecule has 0 atom stereocenters. The molecule has 7 heteroatoms. The maximum Gasteiger partial charge on any atom is 0.243 e. The van der Waals surface area contributed by atoms with Gasteiger partial charge >= 0.3 is 0 Å². The van der Waals surface area contributed by atoms with Gasteiger partial charge in [-0.15, -0.1) is 0 Å². The van der Waals surface area contributed by atoms with E-state index in [1.165, 1.54) is 4.31 Å². The molecule has 0 bridgehead atoms. The second-order valence-corrected chi connectivity index (χ2v) is 9.51. The van der Waals surface area contributed by atoms with Crippen molar-refractivity contribution in [2.75, 3.05) is 26.2 Å². The van der Waals surface area contributed by atoms with E-state index in [-0.39, 0.29) is 5.91 Å². The van der Waals surface area contributed by atoms with Gasteiger partial charge in [0.15, 0.2) is 0 Å². The number of carbonyl (C=O) groups excluding carboxylic acids is 1. The molecule has 1 aliphatic heterocycles. The van der Waals surface area contributed by atoms with Gasteiger partial charge < -0.3 is 9.88 Å². The van der Waals surface area contributed by atoms with Gasteiger partial charge in [-0.25, -0.2) is 8.42 Å². The van der Waals surface area contributed by atoms with Crippen LogP contribution in [0.15, 0.2) is 53.6 Å². The van der Waals surface area contributed by atoms with E-state index in [1.807, 2.05) is 50.4 Å². The van der Waals surface area contributed by atoms with Crippen molar-refractivity contribution in [2.45, 2.75) is 25.2 Å². The van der Waals surface area contributed by atoms with E-state index in [2.05, 4.69) is 4.98 Å². The number of sulfonamides is 1. The number of nitrogens with zero attached hydrogens (tertiary/aromatic N) is 2. The van der Waals surface area contributed by atoms with Crippen molar-refractivity contribution in [1.82, 2.24) is 14.2 Å². The second-order valence-electron chi connectivity index (χ2n) is 7.57. The smallest absolute Gasteiger partial charge is 0.243 e. The zero-order valence-corrected chi connectivity index (χ0v) is 17.5. The molecule has 1 fully saturated rings. The fourth-order valence-electron chi connectivity index (χ4n) is 3.75. The van der Waals surface area contributed by atoms with Crippen LogP contribution in [0, 0.1) is 13.8 Å². The van der Waals surface area contributed by atoms with Crippen LogP contribution in [0.1, 0.15) is 16.7 Å². The molecule has 152 valence electrons. The number of para-hydroxylation sites is 1. The first-order valence-corrected chi connectivity index (χ1v) is 11.2. The number of piperazine rings is 1. The highest BCUT2D eigenvalue weighted by Gasteiger charge is 2.30. The molecule has 0 saturated carbocycles. The van der Waals surface area contributed by atoms with Crippen molar-refractivity contribution in [3.63, 3.8) is 0 Å². The molecule has 29 heavy (non-hydrogen) atoms. The maximum atomic E-state index is 12.9. The summed E-state index contributed by atoms with van der Waals surface area (Å²) >= 11 is 0. The molecule has 2 aromatic carbocycles. The number of nitrogens with one attached hydrogen (secondary N) is 1. The molecule has 1 amide bonds. The Hall–Kier alpha value is -2.64. The van der Waals surface area contributed by atoms with Crippen molar-refractivity contribution in [2.24, 2.45) is 0 Å². The van der Waals surface area contributed by atoms with Crippen LogP contribution in [0.2, 0.25) is 0 Å². The minimum atomic E-state index is -3.54. The number of aryl methyl sites for hydroxylation is 2. The lowest BCUT2D eigenvalue weighted by molar-refractivity contribution is -0.131. The summed E-state index contributed by atoms with van der Waals surface area (Å²) in [6.07, 6.45) is 2.19. The van der Waals surface area contributed by atoms with E-state index in [0.29, 0.717) is 37.5 Å². The number of carbonyl (C=O) groups is 1. The van der Waals surface area contributed by atoms with Crippen LogP contribution in [0.5, 0.6) is 0 Å². The van der Waals surface area contributed by atoms with E-state index in [0.717, 1.165) is 27.6 Å². The zero-order valence-electron chi connectivity index (χ0n) is 16.7. The van der Waals surface area contributed by atoms with Crippen molar-refractivity contribution >= 4 is 26.8 Å². The Morgan fingerprint density at radius 3 is 2.45 bits per heavy atom. The molecule has 1 aliphatic rings. The zero-order chi connectivity index (χ0) is 20.6. The van der Waals surface area contributed by atoms with E-state index >= 15 is 0 Å². The molecular formula is C22H25N3O3S. The highest BCUT2D eigenvalue weighted by molar-refractivity contribution is 7.89. The first-order valence-electron chi connectivity index (χ1n) is 9.76. The van der Waals surface area contributed by atoms with Crippen LogP contribution < -0.4 is 0 Å². The summed E-state index contributed by atoms with van der Waals surface area (Å²) < 4.78 is 27.4. The van der Waals surface area contributed by atoms with Crippen molar-refractivity contribution in [3.8, 4) is 0 Å². The van der Waals surface area contributed by atoms with Crippen molar-refractivity contribution in [3.05, 3.63) is 65.4 Å². The van der Waals surface area contributed by atoms with E-state index < -0.39 is 10.0 Å². The fraction of sp³-hybridized carbons (Fsp3) is 0.318. The number of aromatic nitrogens is 1. The molecule has 0 aliphatic carbocycles. The quantitative estimate of drug-likeness (QED) is 0.717. The van der Waals surface area contributed by atoms with Gasteiger partial charge in [0.05, 0.1) is 11.3 Å². The Morgan fingerprint density at radius 2 is 1.72 bits per heavy atom. The number of hydrogen-bond donors (Lipinski definition) is 1. The summed E-state index contributed by atoms with van der Waals surface area (Å²) in [5.74, 6) is 0.0259. The van der Waals surface area contributed by atoms with E-state index in [9.17, 15) is 13.2 Å². The summed E-state index contributed by atoms with van der Waals surface area (Å²) in [6, 6.07) is 13.1. The number of rotatable bonds is 4. The van der Waals surface area contributed by atoms with E-state index in [1.54, 1.807) is 17.0 Å². The number of hydrogen-bond acceptors (Lipinski definition) is 3. The molecule has 6 nitrogen and oxygen atoms in total. The predicted octanol–water partition coefficient (Wildman–Crippen LogP) is 2.86. The Kier molecular flexibility index (Phi) is 5.19. The fourth-order valence-corrected chi connectivity index (χ4v) is 5.26. The Balaban J connectivity index is 1.42. The minimum Gasteiger partial charge on any atom is -0.361 e. The lowest BCUT2D eigenvalue weighted by atomic mass is 10.1. The molecule has 0 unspecified atom stereocenters. The van der Waals surface area contributed by atoms with Crippen LogP contribution in [-0.2, 0) is 21.2 Å².